The Morgan fingerprint density at radius 1 is 1.00 bits per heavy atom. The molecule has 0 aliphatic carbocycles. The van der Waals surface area contributed by atoms with Gasteiger partial charge in [0.05, 0.1) is 6.04 Å². The van der Waals surface area contributed by atoms with Gasteiger partial charge in [0.2, 0.25) is 5.91 Å². The van der Waals surface area contributed by atoms with Crippen LogP contribution in [0.3, 0.4) is 0 Å². The number of hydrogen-bond acceptors (Lipinski definition) is 2. The van der Waals surface area contributed by atoms with E-state index in [4.69, 9.17) is 5.73 Å². The van der Waals surface area contributed by atoms with Gasteiger partial charge in [0.15, 0.2) is 0 Å². The molecule has 18 heavy (non-hydrogen) atoms. The maximum Gasteiger partial charge on any atom is 0.239 e. The highest BCUT2D eigenvalue weighted by Gasteiger charge is 2.22. The van der Waals surface area contributed by atoms with Gasteiger partial charge in [-0.25, -0.2) is 0 Å². The maximum absolute atomic E-state index is 12.3. The molecule has 0 bridgehead atoms. The summed E-state index contributed by atoms with van der Waals surface area (Å²) in [4.78, 5) is 14.3. The summed E-state index contributed by atoms with van der Waals surface area (Å²) in [5, 5.41) is 0. The summed E-state index contributed by atoms with van der Waals surface area (Å²) in [5.74, 6) is 0.356. The highest BCUT2D eigenvalue weighted by Crippen LogP contribution is 2.08. The molecule has 0 fully saturated rings. The van der Waals surface area contributed by atoms with Crippen LogP contribution in [0.5, 0.6) is 0 Å². The number of rotatable bonds is 10. The summed E-state index contributed by atoms with van der Waals surface area (Å²) in [6.07, 6.45) is 6.95. The predicted molar refractivity (Wildman–Crippen MR) is 78.4 cm³/mol. The van der Waals surface area contributed by atoms with E-state index in [-0.39, 0.29) is 17.9 Å². The summed E-state index contributed by atoms with van der Waals surface area (Å²) in [6.45, 7) is 10.1. The topological polar surface area (TPSA) is 46.3 Å². The Morgan fingerprint density at radius 3 is 1.78 bits per heavy atom. The lowest BCUT2D eigenvalue weighted by Gasteiger charge is -2.27. The van der Waals surface area contributed by atoms with Crippen LogP contribution in [0.25, 0.3) is 0 Å². The number of nitrogens with two attached hydrogens (primary N) is 1. The van der Waals surface area contributed by atoms with E-state index in [9.17, 15) is 4.79 Å². The van der Waals surface area contributed by atoms with E-state index in [1.165, 1.54) is 25.7 Å². The molecule has 0 radical (unpaired) electrons. The fourth-order valence-electron chi connectivity index (χ4n) is 1.93. The number of unbranched alkanes of at least 4 members (excludes halogenated alkanes) is 4. The third kappa shape index (κ3) is 7.00. The first-order valence-corrected chi connectivity index (χ1v) is 7.58. The van der Waals surface area contributed by atoms with Gasteiger partial charge in [0.25, 0.3) is 0 Å². The molecule has 0 saturated carbocycles. The molecule has 1 amide bonds. The Balaban J connectivity index is 4.28. The van der Waals surface area contributed by atoms with Crippen molar-refractivity contribution in [1.82, 2.24) is 4.90 Å². The van der Waals surface area contributed by atoms with Gasteiger partial charge in [-0.3, -0.25) is 4.79 Å². The van der Waals surface area contributed by atoms with Crippen LogP contribution >= 0.6 is 0 Å². The Morgan fingerprint density at radius 2 is 1.44 bits per heavy atom. The fraction of sp³-hybridized carbons (Fsp3) is 0.933. The SMILES string of the molecule is CCCCCN(CCCCC)C(=O)C(N)C(C)C. The van der Waals surface area contributed by atoms with Crippen LogP contribution in [0.15, 0.2) is 0 Å². The molecule has 0 heterocycles. The Kier molecular flexibility index (Phi) is 10.0. The van der Waals surface area contributed by atoms with Crippen molar-refractivity contribution in [2.45, 2.75) is 72.3 Å². The van der Waals surface area contributed by atoms with Crippen molar-refractivity contribution in [3.05, 3.63) is 0 Å². The summed E-state index contributed by atoms with van der Waals surface area (Å²) < 4.78 is 0. The molecule has 108 valence electrons. The van der Waals surface area contributed by atoms with Gasteiger partial charge in [-0.05, 0) is 18.8 Å². The van der Waals surface area contributed by atoms with Crippen molar-refractivity contribution in [1.29, 1.82) is 0 Å². The Labute approximate surface area is 113 Å². The lowest BCUT2D eigenvalue weighted by atomic mass is 10.0. The molecule has 0 aromatic rings. The zero-order chi connectivity index (χ0) is 14.0. The van der Waals surface area contributed by atoms with Crippen molar-refractivity contribution in [2.75, 3.05) is 13.1 Å². The smallest absolute Gasteiger partial charge is 0.239 e. The van der Waals surface area contributed by atoms with E-state index in [1.807, 2.05) is 18.7 Å². The molecule has 3 nitrogen and oxygen atoms in total. The second-order valence-corrected chi connectivity index (χ2v) is 5.51. The number of carbonyl (C=O) groups is 1. The van der Waals surface area contributed by atoms with Crippen molar-refractivity contribution in [3.63, 3.8) is 0 Å². The molecule has 2 N–H and O–H groups in total. The highest BCUT2D eigenvalue weighted by molar-refractivity contribution is 5.81. The summed E-state index contributed by atoms with van der Waals surface area (Å²) in [6, 6.07) is -0.340. The number of amides is 1. The molecule has 1 atom stereocenters. The lowest BCUT2D eigenvalue weighted by Crippen LogP contribution is -2.47. The normalized spacial score (nSPS) is 12.8. The minimum atomic E-state index is -0.340. The molecule has 0 rings (SSSR count). The molecule has 0 spiro atoms. The average molecular weight is 256 g/mol. The van der Waals surface area contributed by atoms with Crippen LogP contribution in [-0.4, -0.2) is 29.9 Å². The van der Waals surface area contributed by atoms with E-state index in [0.29, 0.717) is 0 Å². The zero-order valence-electron chi connectivity index (χ0n) is 12.7. The van der Waals surface area contributed by atoms with E-state index in [2.05, 4.69) is 13.8 Å². The molecule has 0 aliphatic heterocycles. The zero-order valence-corrected chi connectivity index (χ0v) is 12.7. The van der Waals surface area contributed by atoms with Crippen molar-refractivity contribution in [3.8, 4) is 0 Å². The third-order valence-corrected chi connectivity index (χ3v) is 3.38. The van der Waals surface area contributed by atoms with Gasteiger partial charge in [-0.1, -0.05) is 53.4 Å². The number of carbonyl (C=O) groups excluding carboxylic acids is 1. The van der Waals surface area contributed by atoms with Crippen LogP contribution < -0.4 is 5.73 Å². The van der Waals surface area contributed by atoms with Crippen LogP contribution in [0, 0.1) is 5.92 Å². The van der Waals surface area contributed by atoms with Crippen molar-refractivity contribution in [2.24, 2.45) is 11.7 Å². The maximum atomic E-state index is 12.3. The van der Waals surface area contributed by atoms with Crippen LogP contribution in [0.2, 0.25) is 0 Å². The van der Waals surface area contributed by atoms with Gasteiger partial charge < -0.3 is 10.6 Å². The second-order valence-electron chi connectivity index (χ2n) is 5.51. The highest BCUT2D eigenvalue weighted by atomic mass is 16.2. The molecule has 0 aliphatic rings. The summed E-state index contributed by atoms with van der Waals surface area (Å²) in [7, 11) is 0. The lowest BCUT2D eigenvalue weighted by molar-refractivity contribution is -0.133. The van der Waals surface area contributed by atoms with Gasteiger partial charge in [0, 0.05) is 13.1 Å². The Bertz CT molecular complexity index is 207. The molecule has 0 aromatic heterocycles. The monoisotopic (exact) mass is 256 g/mol. The number of nitrogens with zero attached hydrogens (tertiary/aromatic N) is 1. The van der Waals surface area contributed by atoms with Crippen molar-refractivity contribution >= 4 is 5.91 Å². The minimum Gasteiger partial charge on any atom is -0.341 e. The molecule has 3 heteroatoms. The second kappa shape index (κ2) is 10.4. The van der Waals surface area contributed by atoms with E-state index < -0.39 is 0 Å². The first-order valence-electron chi connectivity index (χ1n) is 7.58. The Hall–Kier alpha value is -0.570. The predicted octanol–water partition coefficient (Wildman–Crippen LogP) is 3.18. The molecular weight excluding hydrogens is 224 g/mol. The van der Waals surface area contributed by atoms with Crippen molar-refractivity contribution < 1.29 is 4.79 Å². The van der Waals surface area contributed by atoms with Crippen LogP contribution in [0.4, 0.5) is 0 Å². The minimum absolute atomic E-state index is 0.136. The standard InChI is InChI=1S/C15H32N2O/c1-5-7-9-11-17(12-10-8-6-2)15(18)14(16)13(3)4/h13-14H,5-12,16H2,1-4H3. The molecule has 1 unspecified atom stereocenters. The van der Waals surface area contributed by atoms with E-state index in [1.54, 1.807) is 0 Å². The molecular formula is C15H32N2O. The van der Waals surface area contributed by atoms with Gasteiger partial charge >= 0.3 is 0 Å². The summed E-state index contributed by atoms with van der Waals surface area (Å²) >= 11 is 0. The van der Waals surface area contributed by atoms with E-state index in [0.717, 1.165) is 25.9 Å². The third-order valence-electron chi connectivity index (χ3n) is 3.38. The molecule has 0 aromatic carbocycles. The first-order chi connectivity index (χ1) is 8.54. The van der Waals surface area contributed by atoms with Crippen LogP contribution in [-0.2, 0) is 4.79 Å². The quantitative estimate of drug-likeness (QED) is 0.610. The number of hydrogen-bond donors (Lipinski definition) is 1. The van der Waals surface area contributed by atoms with Gasteiger partial charge in [-0.15, -0.1) is 0 Å². The molecule has 0 saturated heterocycles. The van der Waals surface area contributed by atoms with Gasteiger partial charge in [0.1, 0.15) is 0 Å². The fourth-order valence-corrected chi connectivity index (χ4v) is 1.93. The van der Waals surface area contributed by atoms with Crippen LogP contribution in [0.1, 0.15) is 66.2 Å². The largest absolute Gasteiger partial charge is 0.341 e. The first kappa shape index (κ1) is 17.4. The van der Waals surface area contributed by atoms with Gasteiger partial charge in [-0.2, -0.15) is 0 Å². The summed E-state index contributed by atoms with van der Waals surface area (Å²) in [5.41, 5.74) is 5.98. The van der Waals surface area contributed by atoms with E-state index >= 15 is 0 Å². The average Bonchev–Trinajstić information content (AvgIpc) is 2.35.